The maximum Gasteiger partial charge on any atom is 0.0685 e. The Morgan fingerprint density at radius 3 is 2.37 bits per heavy atom. The molecule has 1 aromatic heterocycles. The number of thiophene rings is 1. The summed E-state index contributed by atoms with van der Waals surface area (Å²) in [5.41, 5.74) is 2.66. The van der Waals surface area contributed by atoms with Crippen molar-refractivity contribution in [2.24, 2.45) is 0 Å². The summed E-state index contributed by atoms with van der Waals surface area (Å²) in [5, 5.41) is 19.8. The van der Waals surface area contributed by atoms with E-state index in [9.17, 15) is 10.2 Å². The molecule has 0 spiro atoms. The van der Waals surface area contributed by atoms with Gasteiger partial charge in [-0.15, -0.1) is 11.3 Å². The van der Waals surface area contributed by atoms with E-state index in [2.05, 4.69) is 18.2 Å². The van der Waals surface area contributed by atoms with Crippen molar-refractivity contribution in [1.82, 2.24) is 0 Å². The Bertz CT molecular complexity index is 683. The Kier molecular flexibility index (Phi) is 3.34. The van der Waals surface area contributed by atoms with Gasteiger partial charge in [-0.1, -0.05) is 30.3 Å². The van der Waals surface area contributed by atoms with Crippen LogP contribution < -0.4 is 0 Å². The predicted molar refractivity (Wildman–Crippen MR) is 79.1 cm³/mol. The van der Waals surface area contributed by atoms with Gasteiger partial charge in [0, 0.05) is 9.58 Å². The van der Waals surface area contributed by atoms with Crippen molar-refractivity contribution in [2.45, 2.75) is 13.2 Å². The first kappa shape index (κ1) is 12.4. The van der Waals surface area contributed by atoms with Crippen LogP contribution in [-0.4, -0.2) is 10.2 Å². The van der Waals surface area contributed by atoms with Crippen LogP contribution >= 0.6 is 11.3 Å². The van der Waals surface area contributed by atoms with Crippen LogP contribution in [0.15, 0.2) is 48.5 Å². The summed E-state index contributed by atoms with van der Waals surface area (Å²) < 4.78 is 1.26. The minimum atomic E-state index is -0.0470. The SMILES string of the molecule is OCc1ccc(-c2cc3ccccc3s2)cc1CO. The van der Waals surface area contributed by atoms with Crippen LogP contribution in [0.1, 0.15) is 11.1 Å². The van der Waals surface area contributed by atoms with Gasteiger partial charge in [0.25, 0.3) is 0 Å². The van der Waals surface area contributed by atoms with Crippen molar-refractivity contribution in [3.8, 4) is 10.4 Å². The number of benzene rings is 2. The Morgan fingerprint density at radius 1 is 0.842 bits per heavy atom. The first-order valence-corrected chi connectivity index (χ1v) is 6.96. The molecule has 2 N–H and O–H groups in total. The summed E-state index contributed by atoms with van der Waals surface area (Å²) in [6, 6.07) is 16.3. The quantitative estimate of drug-likeness (QED) is 0.764. The highest BCUT2D eigenvalue weighted by Gasteiger charge is 2.07. The summed E-state index contributed by atoms with van der Waals surface area (Å²) in [5.74, 6) is 0. The molecule has 3 heteroatoms. The number of hydrogen-bond acceptors (Lipinski definition) is 3. The molecule has 0 fully saturated rings. The van der Waals surface area contributed by atoms with Gasteiger partial charge in [-0.3, -0.25) is 0 Å². The molecule has 2 aromatic carbocycles. The highest BCUT2D eigenvalue weighted by atomic mass is 32.1. The molecule has 0 saturated carbocycles. The fraction of sp³-hybridized carbons (Fsp3) is 0.125. The molecule has 0 saturated heterocycles. The van der Waals surface area contributed by atoms with E-state index >= 15 is 0 Å². The molecule has 0 radical (unpaired) electrons. The van der Waals surface area contributed by atoms with Crippen LogP contribution in [0.4, 0.5) is 0 Å². The van der Waals surface area contributed by atoms with Gasteiger partial charge in [0.05, 0.1) is 13.2 Å². The van der Waals surface area contributed by atoms with E-state index in [0.717, 1.165) is 16.7 Å². The van der Waals surface area contributed by atoms with E-state index in [-0.39, 0.29) is 13.2 Å². The first-order chi connectivity index (χ1) is 9.31. The third-order valence-corrected chi connectivity index (χ3v) is 4.42. The molecule has 3 rings (SSSR count). The van der Waals surface area contributed by atoms with E-state index in [4.69, 9.17) is 0 Å². The summed E-state index contributed by atoms with van der Waals surface area (Å²) in [6.07, 6.45) is 0. The molecule has 0 amide bonds. The standard InChI is InChI=1S/C16H14O2S/c17-9-13-6-5-12(7-14(13)10-18)16-8-11-3-1-2-4-15(11)19-16/h1-8,17-18H,9-10H2. The summed E-state index contributed by atoms with van der Waals surface area (Å²) in [6.45, 7) is -0.0861. The number of rotatable bonds is 3. The summed E-state index contributed by atoms with van der Waals surface area (Å²) in [7, 11) is 0. The maximum absolute atomic E-state index is 9.35. The van der Waals surface area contributed by atoms with Gasteiger partial charge >= 0.3 is 0 Å². The van der Waals surface area contributed by atoms with Crippen molar-refractivity contribution >= 4 is 21.4 Å². The third-order valence-electron chi connectivity index (χ3n) is 3.26. The van der Waals surface area contributed by atoms with Crippen LogP contribution in [0.3, 0.4) is 0 Å². The second-order valence-corrected chi connectivity index (χ2v) is 5.53. The van der Waals surface area contributed by atoms with Crippen LogP contribution in [0.5, 0.6) is 0 Å². The average molecular weight is 270 g/mol. The smallest absolute Gasteiger partial charge is 0.0685 e. The highest BCUT2D eigenvalue weighted by Crippen LogP contribution is 2.34. The Balaban J connectivity index is 2.10. The van der Waals surface area contributed by atoms with Crippen LogP contribution in [0.25, 0.3) is 20.5 Å². The first-order valence-electron chi connectivity index (χ1n) is 6.14. The lowest BCUT2D eigenvalue weighted by atomic mass is 10.0. The third kappa shape index (κ3) is 2.28. The molecule has 0 bridgehead atoms. The minimum absolute atomic E-state index is 0.0391. The van der Waals surface area contributed by atoms with Gasteiger partial charge in [0.15, 0.2) is 0 Å². The number of fused-ring (bicyclic) bond motifs is 1. The van der Waals surface area contributed by atoms with Gasteiger partial charge in [0.2, 0.25) is 0 Å². The zero-order chi connectivity index (χ0) is 13.2. The van der Waals surface area contributed by atoms with Crippen molar-refractivity contribution in [2.75, 3.05) is 0 Å². The number of aliphatic hydroxyl groups is 2. The normalized spacial score (nSPS) is 11.1. The Labute approximate surface area is 115 Å². The topological polar surface area (TPSA) is 40.5 Å². The van der Waals surface area contributed by atoms with Crippen LogP contribution in [0, 0.1) is 0 Å². The lowest BCUT2D eigenvalue weighted by Crippen LogP contribution is -1.93. The molecule has 96 valence electrons. The second-order valence-electron chi connectivity index (χ2n) is 4.45. The zero-order valence-corrected chi connectivity index (χ0v) is 11.2. The predicted octanol–water partition coefficient (Wildman–Crippen LogP) is 3.55. The molecule has 19 heavy (non-hydrogen) atoms. The number of aliphatic hydroxyl groups excluding tert-OH is 2. The average Bonchev–Trinajstić information content (AvgIpc) is 2.90. The molecule has 1 heterocycles. The van der Waals surface area contributed by atoms with E-state index < -0.39 is 0 Å². The molecule has 0 aliphatic carbocycles. The maximum atomic E-state index is 9.35. The Morgan fingerprint density at radius 2 is 1.63 bits per heavy atom. The summed E-state index contributed by atoms with van der Waals surface area (Å²) >= 11 is 1.74. The lowest BCUT2D eigenvalue weighted by molar-refractivity contribution is 0.260. The molecule has 3 aromatic rings. The van der Waals surface area contributed by atoms with Gasteiger partial charge in [-0.05, 0) is 40.3 Å². The van der Waals surface area contributed by atoms with Gasteiger partial charge in [0.1, 0.15) is 0 Å². The fourth-order valence-corrected chi connectivity index (χ4v) is 3.26. The number of hydrogen-bond donors (Lipinski definition) is 2. The van der Waals surface area contributed by atoms with Crippen molar-refractivity contribution < 1.29 is 10.2 Å². The van der Waals surface area contributed by atoms with Gasteiger partial charge in [-0.25, -0.2) is 0 Å². The van der Waals surface area contributed by atoms with E-state index in [0.29, 0.717) is 0 Å². The molecule has 0 aliphatic heterocycles. The zero-order valence-electron chi connectivity index (χ0n) is 10.3. The molecule has 0 aliphatic rings. The molecular formula is C16H14O2S. The fourth-order valence-electron chi connectivity index (χ4n) is 2.20. The lowest BCUT2D eigenvalue weighted by Gasteiger charge is -2.06. The van der Waals surface area contributed by atoms with Crippen molar-refractivity contribution in [3.63, 3.8) is 0 Å². The summed E-state index contributed by atoms with van der Waals surface area (Å²) in [4.78, 5) is 1.18. The largest absolute Gasteiger partial charge is 0.392 e. The van der Waals surface area contributed by atoms with E-state index in [1.807, 2.05) is 30.3 Å². The molecule has 0 unspecified atom stereocenters. The van der Waals surface area contributed by atoms with Crippen LogP contribution in [0.2, 0.25) is 0 Å². The molecular weight excluding hydrogens is 256 g/mol. The Hall–Kier alpha value is -1.68. The molecule has 2 nitrogen and oxygen atoms in total. The van der Waals surface area contributed by atoms with E-state index in [1.54, 1.807) is 11.3 Å². The van der Waals surface area contributed by atoms with Crippen LogP contribution in [-0.2, 0) is 13.2 Å². The minimum Gasteiger partial charge on any atom is -0.392 e. The highest BCUT2D eigenvalue weighted by molar-refractivity contribution is 7.22. The van der Waals surface area contributed by atoms with Gasteiger partial charge in [-0.2, -0.15) is 0 Å². The second kappa shape index (κ2) is 5.13. The van der Waals surface area contributed by atoms with Crippen molar-refractivity contribution in [1.29, 1.82) is 0 Å². The molecule has 0 atom stereocenters. The van der Waals surface area contributed by atoms with Gasteiger partial charge < -0.3 is 10.2 Å². The monoisotopic (exact) mass is 270 g/mol. The van der Waals surface area contributed by atoms with E-state index in [1.165, 1.54) is 15.0 Å². The van der Waals surface area contributed by atoms with Crippen molar-refractivity contribution in [3.05, 3.63) is 59.7 Å².